The molecular weight excluding hydrogens is 1160 g/mol. The normalized spacial score (nSPS) is 14.4. The first-order chi connectivity index (χ1) is 47.7. The summed E-state index contributed by atoms with van der Waals surface area (Å²) in [4.78, 5) is 5.36. The lowest BCUT2D eigenvalue weighted by molar-refractivity contribution is 0.793. The Bertz CT molecular complexity index is 5910. The Kier molecular flexibility index (Phi) is 10.5. The molecule has 3 heterocycles. The number of hydrogen-bond donors (Lipinski definition) is 0. The lowest BCUT2D eigenvalue weighted by Crippen LogP contribution is -2.62. The van der Waals surface area contributed by atoms with Gasteiger partial charge in [0.15, 0.2) is 0 Å². The molecule has 4 aliphatic carbocycles. The van der Waals surface area contributed by atoms with Crippen molar-refractivity contribution < 1.29 is 0 Å². The van der Waals surface area contributed by atoms with E-state index in [1.54, 1.807) is 0 Å². The van der Waals surface area contributed by atoms with Gasteiger partial charge in [0, 0.05) is 44.8 Å². The zero-order chi connectivity index (χ0) is 62.5. The van der Waals surface area contributed by atoms with Crippen LogP contribution in [-0.4, -0.2) is 11.3 Å². The third-order valence-corrected chi connectivity index (χ3v) is 22.6. The van der Waals surface area contributed by atoms with Crippen LogP contribution >= 0.6 is 0 Å². The maximum atomic E-state index is 2.75. The second-order valence-electron chi connectivity index (χ2n) is 26.8. The molecule has 0 N–H and O–H groups in total. The zero-order valence-electron chi connectivity index (χ0n) is 52.3. The van der Waals surface area contributed by atoms with Crippen LogP contribution < -0.4 is 26.2 Å². The molecular formula is C92H56BN3. The molecule has 442 valence electrons. The van der Waals surface area contributed by atoms with E-state index in [0.29, 0.717) is 0 Å². The SMILES string of the molecule is c1ccc(-c2ccc(N3c4ccc(-c5ccccc5)cc4B4c5c3cc(-n3c6ccccc6c6ccccc63)cc5N(c3cccc5c3-c3ccccc3C53c5ccccc5-c5ccccc53)c3ccc5c(c34)-c3ccccc3C53c4ccccc4-c4ccccc43)cc2)cc1. The van der Waals surface area contributed by atoms with Crippen molar-refractivity contribution in [3.05, 3.63) is 384 Å². The van der Waals surface area contributed by atoms with Gasteiger partial charge in [-0.15, -0.1) is 0 Å². The quantitative estimate of drug-likeness (QED) is 0.159. The van der Waals surface area contributed by atoms with Crippen LogP contribution in [0.25, 0.3) is 94.3 Å². The van der Waals surface area contributed by atoms with Crippen molar-refractivity contribution in [2.24, 2.45) is 0 Å². The Morgan fingerprint density at radius 3 is 1.19 bits per heavy atom. The first-order valence-electron chi connectivity index (χ1n) is 33.7. The van der Waals surface area contributed by atoms with E-state index in [2.05, 4.69) is 354 Å². The number of nitrogens with zero attached hydrogens (tertiary/aromatic N) is 3. The van der Waals surface area contributed by atoms with Crippen molar-refractivity contribution in [3.8, 4) is 72.4 Å². The highest BCUT2D eigenvalue weighted by molar-refractivity contribution is 7.01. The average Bonchev–Trinajstić information content (AvgIpc) is 1.44. The molecule has 2 aliphatic heterocycles. The van der Waals surface area contributed by atoms with Crippen molar-refractivity contribution in [1.29, 1.82) is 0 Å². The van der Waals surface area contributed by atoms with Crippen LogP contribution in [-0.2, 0) is 10.8 Å². The van der Waals surface area contributed by atoms with Crippen molar-refractivity contribution in [1.82, 2.24) is 4.57 Å². The summed E-state index contributed by atoms with van der Waals surface area (Å²) in [5.41, 5.74) is 38.7. The summed E-state index contributed by atoms with van der Waals surface area (Å²) in [7, 11) is 0. The van der Waals surface area contributed by atoms with E-state index in [1.165, 1.54) is 155 Å². The topological polar surface area (TPSA) is 11.4 Å². The zero-order valence-corrected chi connectivity index (χ0v) is 52.3. The fraction of sp³-hybridized carbons (Fsp3) is 0.0217. The fourth-order valence-electron chi connectivity index (χ4n) is 19.1. The van der Waals surface area contributed by atoms with E-state index in [9.17, 15) is 0 Å². The van der Waals surface area contributed by atoms with E-state index >= 15 is 0 Å². The molecule has 0 radical (unpaired) electrons. The summed E-state index contributed by atoms with van der Waals surface area (Å²) in [6.07, 6.45) is 0. The minimum absolute atomic E-state index is 0.249. The molecule has 0 amide bonds. The number of anilines is 6. The maximum Gasteiger partial charge on any atom is 0.252 e. The predicted octanol–water partition coefficient (Wildman–Crippen LogP) is 20.9. The highest BCUT2D eigenvalue weighted by atomic mass is 15.2. The van der Waals surface area contributed by atoms with Crippen LogP contribution in [0, 0.1) is 0 Å². The van der Waals surface area contributed by atoms with Crippen molar-refractivity contribution in [2.45, 2.75) is 10.8 Å². The monoisotopic (exact) mass is 1210 g/mol. The van der Waals surface area contributed by atoms with Crippen LogP contribution in [0.5, 0.6) is 0 Å². The minimum Gasteiger partial charge on any atom is -0.311 e. The minimum atomic E-state index is -0.582. The van der Waals surface area contributed by atoms with Gasteiger partial charge in [-0.25, -0.2) is 0 Å². The summed E-state index contributed by atoms with van der Waals surface area (Å²) in [5, 5.41) is 2.45. The lowest BCUT2D eigenvalue weighted by Gasteiger charge is -2.46. The fourth-order valence-corrected chi connectivity index (χ4v) is 19.1. The highest BCUT2D eigenvalue weighted by Crippen LogP contribution is 2.67. The van der Waals surface area contributed by atoms with Crippen LogP contribution in [0.15, 0.2) is 340 Å². The van der Waals surface area contributed by atoms with Crippen molar-refractivity contribution >= 4 is 79.0 Å². The Balaban J connectivity index is 0.920. The second-order valence-corrected chi connectivity index (χ2v) is 26.8. The number of para-hydroxylation sites is 2. The Hall–Kier alpha value is -12.2. The van der Waals surface area contributed by atoms with Gasteiger partial charge >= 0.3 is 0 Å². The number of aromatic nitrogens is 1. The molecule has 0 atom stereocenters. The summed E-state index contributed by atoms with van der Waals surface area (Å²) in [6.45, 7) is -0.249. The Morgan fingerprint density at radius 1 is 0.229 bits per heavy atom. The number of hydrogen-bond acceptors (Lipinski definition) is 2. The molecule has 6 aliphatic rings. The molecule has 15 aromatic carbocycles. The van der Waals surface area contributed by atoms with Gasteiger partial charge in [-0.1, -0.05) is 285 Å². The molecule has 0 bridgehead atoms. The van der Waals surface area contributed by atoms with E-state index in [1.807, 2.05) is 0 Å². The smallest absolute Gasteiger partial charge is 0.252 e. The van der Waals surface area contributed by atoms with Gasteiger partial charge in [-0.2, -0.15) is 0 Å². The highest BCUT2D eigenvalue weighted by Gasteiger charge is 2.57. The van der Waals surface area contributed by atoms with Gasteiger partial charge in [0.25, 0.3) is 6.71 Å². The first kappa shape index (κ1) is 52.3. The molecule has 4 heteroatoms. The van der Waals surface area contributed by atoms with E-state index in [-0.39, 0.29) is 6.71 Å². The second kappa shape index (κ2) is 19.2. The largest absolute Gasteiger partial charge is 0.311 e. The summed E-state index contributed by atoms with van der Waals surface area (Å²) in [5.74, 6) is 0. The average molecular weight is 1210 g/mol. The van der Waals surface area contributed by atoms with E-state index in [0.717, 1.165) is 34.1 Å². The lowest BCUT2D eigenvalue weighted by atomic mass is 9.32. The predicted molar refractivity (Wildman–Crippen MR) is 398 cm³/mol. The molecule has 3 nitrogen and oxygen atoms in total. The van der Waals surface area contributed by atoms with E-state index < -0.39 is 10.8 Å². The third-order valence-electron chi connectivity index (χ3n) is 22.6. The van der Waals surface area contributed by atoms with Gasteiger partial charge in [0.1, 0.15) is 0 Å². The Labute approximate surface area is 557 Å². The summed E-state index contributed by atoms with van der Waals surface area (Å²) in [6, 6.07) is 130. The molecule has 0 unspecified atom stereocenters. The number of fused-ring (bicyclic) bond motifs is 28. The number of rotatable bonds is 5. The molecule has 96 heavy (non-hydrogen) atoms. The molecule has 2 spiro atoms. The molecule has 22 rings (SSSR count). The molecule has 0 fully saturated rings. The van der Waals surface area contributed by atoms with Gasteiger partial charge < -0.3 is 14.4 Å². The van der Waals surface area contributed by atoms with Gasteiger partial charge in [0.05, 0.1) is 33.2 Å². The Morgan fingerprint density at radius 2 is 0.635 bits per heavy atom. The van der Waals surface area contributed by atoms with Crippen LogP contribution in [0.2, 0.25) is 0 Å². The van der Waals surface area contributed by atoms with Gasteiger partial charge in [0.2, 0.25) is 0 Å². The molecule has 1 aromatic heterocycles. The van der Waals surface area contributed by atoms with Crippen LogP contribution in [0.4, 0.5) is 34.1 Å². The van der Waals surface area contributed by atoms with Crippen LogP contribution in [0.1, 0.15) is 44.5 Å². The number of benzene rings is 15. The summed E-state index contributed by atoms with van der Waals surface area (Å²) >= 11 is 0. The van der Waals surface area contributed by atoms with Crippen LogP contribution in [0.3, 0.4) is 0 Å². The molecule has 16 aromatic rings. The maximum absolute atomic E-state index is 2.75. The molecule has 0 saturated carbocycles. The van der Waals surface area contributed by atoms with Gasteiger partial charge in [-0.05, 0) is 177 Å². The first-order valence-corrected chi connectivity index (χ1v) is 33.7. The summed E-state index contributed by atoms with van der Waals surface area (Å²) < 4.78 is 2.54. The van der Waals surface area contributed by atoms with E-state index in [4.69, 9.17) is 0 Å². The van der Waals surface area contributed by atoms with Gasteiger partial charge in [-0.3, -0.25) is 0 Å². The van der Waals surface area contributed by atoms with Crippen molar-refractivity contribution in [2.75, 3.05) is 9.80 Å². The molecule has 0 saturated heterocycles. The third kappa shape index (κ3) is 6.53. The standard InChI is InChI=1S/C92H56BN3/c1-3-24-57(25-4-1)59-46-49-61(50-47-59)94-82-52-48-60(58-26-5-2-6-27-58)54-79(82)93-89-85(94)55-62(95-80-43-21-13-32-67(80)68-33-14-22-44-81(68)95)56-86(89)96(83-45-23-42-77-87(83)69-34-11-19-40-75(69)91(77)71-36-15-7-28-63(71)64-29-8-16-37-72(64)91)84-53-51-78-88(90(84)93)70-35-12-20-41-76(70)92(78)73-38-17-9-30-65(73)66-31-10-18-39-74(66)92/h1-56H. The van der Waals surface area contributed by atoms with Crippen molar-refractivity contribution in [3.63, 3.8) is 0 Å².